The fraction of sp³-hybridized carbons (Fsp3) is 0.917. The van der Waals surface area contributed by atoms with Crippen molar-refractivity contribution in [2.45, 2.75) is 39.6 Å². The van der Waals surface area contributed by atoms with Gasteiger partial charge in [0.15, 0.2) is 5.79 Å². The van der Waals surface area contributed by atoms with Crippen molar-refractivity contribution in [3.05, 3.63) is 0 Å². The maximum atomic E-state index is 11.8. The summed E-state index contributed by atoms with van der Waals surface area (Å²) in [6, 6.07) is 0. The van der Waals surface area contributed by atoms with Gasteiger partial charge in [0, 0.05) is 7.11 Å². The Morgan fingerprint density at radius 1 is 1.47 bits per heavy atom. The van der Waals surface area contributed by atoms with Crippen LogP contribution in [-0.2, 0) is 23.7 Å². The minimum Gasteiger partial charge on any atom is -0.462 e. The van der Waals surface area contributed by atoms with Crippen molar-refractivity contribution < 1.29 is 23.7 Å². The Kier molecular flexibility index (Phi) is 4.52. The summed E-state index contributed by atoms with van der Waals surface area (Å²) in [5.41, 5.74) is -0.635. The van der Waals surface area contributed by atoms with Crippen molar-refractivity contribution in [3.63, 3.8) is 0 Å². The number of hydrogen-bond acceptors (Lipinski definition) is 5. The first-order valence-corrected chi connectivity index (χ1v) is 5.75. The fourth-order valence-electron chi connectivity index (χ4n) is 1.63. The Hall–Kier alpha value is -0.650. The second-order valence-corrected chi connectivity index (χ2v) is 5.37. The molecule has 0 aliphatic carbocycles. The molecule has 1 fully saturated rings. The van der Waals surface area contributed by atoms with Crippen LogP contribution in [-0.4, -0.2) is 44.8 Å². The van der Waals surface area contributed by atoms with Crippen molar-refractivity contribution in [1.29, 1.82) is 0 Å². The van der Waals surface area contributed by atoms with Gasteiger partial charge in [-0.15, -0.1) is 0 Å². The predicted molar refractivity (Wildman–Crippen MR) is 61.5 cm³/mol. The summed E-state index contributed by atoms with van der Waals surface area (Å²) in [4.78, 5) is 11.8. The smallest absolute Gasteiger partial charge is 0.313 e. The van der Waals surface area contributed by atoms with Crippen LogP contribution in [0.3, 0.4) is 0 Å². The van der Waals surface area contributed by atoms with Crippen LogP contribution in [0.2, 0.25) is 0 Å². The second kappa shape index (κ2) is 5.33. The van der Waals surface area contributed by atoms with E-state index in [4.69, 9.17) is 18.9 Å². The van der Waals surface area contributed by atoms with Gasteiger partial charge in [-0.1, -0.05) is 0 Å². The van der Waals surface area contributed by atoms with E-state index in [9.17, 15) is 4.79 Å². The average molecular weight is 246 g/mol. The molecule has 0 radical (unpaired) electrons. The van der Waals surface area contributed by atoms with Crippen molar-refractivity contribution >= 4 is 5.97 Å². The average Bonchev–Trinajstić information content (AvgIpc) is 2.54. The highest BCUT2D eigenvalue weighted by Gasteiger charge is 2.35. The first kappa shape index (κ1) is 14.4. The molecule has 0 spiro atoms. The molecular formula is C12H22O5. The number of hydrogen-bond donors (Lipinski definition) is 0. The van der Waals surface area contributed by atoms with Crippen molar-refractivity contribution in [1.82, 2.24) is 0 Å². The van der Waals surface area contributed by atoms with E-state index in [-0.39, 0.29) is 18.7 Å². The van der Waals surface area contributed by atoms with Gasteiger partial charge < -0.3 is 18.9 Å². The Morgan fingerprint density at radius 2 is 2.12 bits per heavy atom. The third-order valence-corrected chi connectivity index (χ3v) is 2.53. The molecule has 5 nitrogen and oxygen atoms in total. The maximum absolute atomic E-state index is 11.8. The van der Waals surface area contributed by atoms with Gasteiger partial charge >= 0.3 is 5.97 Å². The second-order valence-electron chi connectivity index (χ2n) is 5.37. The summed E-state index contributed by atoms with van der Waals surface area (Å²) in [6.45, 7) is 8.25. The van der Waals surface area contributed by atoms with E-state index in [1.807, 2.05) is 13.8 Å². The third-order valence-electron chi connectivity index (χ3n) is 2.53. The summed E-state index contributed by atoms with van der Waals surface area (Å²) in [7, 11) is 1.56. The molecule has 0 aromatic heterocycles. The topological polar surface area (TPSA) is 54.0 Å². The van der Waals surface area contributed by atoms with E-state index < -0.39 is 11.2 Å². The van der Waals surface area contributed by atoms with Crippen molar-refractivity contribution in [2.24, 2.45) is 5.41 Å². The molecule has 1 unspecified atom stereocenters. The third kappa shape index (κ3) is 4.26. The molecule has 0 amide bonds. The lowest BCUT2D eigenvalue weighted by Gasteiger charge is -2.22. The molecule has 0 aromatic carbocycles. The van der Waals surface area contributed by atoms with Gasteiger partial charge in [0.1, 0.15) is 12.7 Å². The zero-order chi connectivity index (χ0) is 13.1. The van der Waals surface area contributed by atoms with E-state index >= 15 is 0 Å². The highest BCUT2D eigenvalue weighted by Crippen LogP contribution is 2.23. The summed E-state index contributed by atoms with van der Waals surface area (Å²) >= 11 is 0. The summed E-state index contributed by atoms with van der Waals surface area (Å²) in [5.74, 6) is -0.869. The van der Waals surface area contributed by atoms with E-state index in [1.54, 1.807) is 21.0 Å². The molecule has 1 aliphatic heterocycles. The highest BCUT2D eigenvalue weighted by atomic mass is 16.7. The normalized spacial score (nSPS) is 23.7. The van der Waals surface area contributed by atoms with Gasteiger partial charge in [-0.25, -0.2) is 0 Å². The molecule has 1 atom stereocenters. The quantitative estimate of drug-likeness (QED) is 0.685. The molecule has 0 saturated carbocycles. The molecule has 1 aliphatic rings. The fourth-order valence-corrected chi connectivity index (χ4v) is 1.63. The number of carbonyl (C=O) groups is 1. The van der Waals surface area contributed by atoms with Gasteiger partial charge in [0.05, 0.1) is 18.6 Å². The van der Waals surface area contributed by atoms with Crippen LogP contribution >= 0.6 is 0 Å². The van der Waals surface area contributed by atoms with Gasteiger partial charge in [0.25, 0.3) is 0 Å². The Morgan fingerprint density at radius 3 is 2.59 bits per heavy atom. The Bertz CT molecular complexity index is 272. The van der Waals surface area contributed by atoms with Crippen LogP contribution in [0, 0.1) is 5.41 Å². The van der Waals surface area contributed by atoms with Crippen LogP contribution in [0.5, 0.6) is 0 Å². The number of esters is 1. The molecule has 5 heteroatoms. The lowest BCUT2D eigenvalue weighted by atomic mass is 9.95. The van der Waals surface area contributed by atoms with E-state index in [1.165, 1.54) is 0 Å². The van der Waals surface area contributed by atoms with E-state index in [0.29, 0.717) is 13.2 Å². The minimum atomic E-state index is -0.635. The van der Waals surface area contributed by atoms with Gasteiger partial charge in [0.2, 0.25) is 0 Å². The molecule has 1 rings (SSSR count). The van der Waals surface area contributed by atoms with Crippen LogP contribution in [0.15, 0.2) is 0 Å². The summed E-state index contributed by atoms with van der Waals surface area (Å²) < 4.78 is 21.1. The lowest BCUT2D eigenvalue weighted by molar-refractivity contribution is -0.167. The highest BCUT2D eigenvalue weighted by molar-refractivity contribution is 5.76. The van der Waals surface area contributed by atoms with E-state index in [0.717, 1.165) is 0 Å². The SMILES string of the molecule is COCC(C)(C)C(=O)OCC1COC(C)(C)O1. The van der Waals surface area contributed by atoms with Gasteiger partial charge in [-0.3, -0.25) is 4.79 Å². The summed E-state index contributed by atoms with van der Waals surface area (Å²) in [5, 5.41) is 0. The molecule has 0 aromatic rings. The van der Waals surface area contributed by atoms with Gasteiger partial charge in [-0.05, 0) is 27.7 Å². The first-order chi connectivity index (χ1) is 7.77. The van der Waals surface area contributed by atoms with Crippen molar-refractivity contribution in [3.8, 4) is 0 Å². The first-order valence-electron chi connectivity index (χ1n) is 5.75. The molecule has 1 heterocycles. The van der Waals surface area contributed by atoms with Crippen LogP contribution in [0.1, 0.15) is 27.7 Å². The molecule has 17 heavy (non-hydrogen) atoms. The molecule has 1 saturated heterocycles. The molecule has 100 valence electrons. The zero-order valence-corrected chi connectivity index (χ0v) is 11.2. The summed E-state index contributed by atoms with van der Waals surface area (Å²) in [6.07, 6.45) is -0.188. The lowest BCUT2D eigenvalue weighted by Crippen LogP contribution is -2.34. The maximum Gasteiger partial charge on any atom is 0.313 e. The zero-order valence-electron chi connectivity index (χ0n) is 11.2. The minimum absolute atomic E-state index is 0.188. The monoisotopic (exact) mass is 246 g/mol. The Balaban J connectivity index is 2.34. The standard InChI is InChI=1S/C12H22O5/c1-11(2,8-14-5)10(13)15-6-9-7-16-12(3,4)17-9/h9H,6-8H2,1-5H3. The van der Waals surface area contributed by atoms with Crippen molar-refractivity contribution in [2.75, 3.05) is 26.9 Å². The van der Waals surface area contributed by atoms with Crippen LogP contribution < -0.4 is 0 Å². The number of ether oxygens (including phenoxy) is 4. The molecule has 0 N–H and O–H groups in total. The predicted octanol–water partition coefficient (Wildman–Crippen LogP) is 1.35. The molecular weight excluding hydrogens is 224 g/mol. The number of methoxy groups -OCH3 is 1. The van der Waals surface area contributed by atoms with Gasteiger partial charge in [-0.2, -0.15) is 0 Å². The molecule has 0 bridgehead atoms. The number of carbonyl (C=O) groups excluding carboxylic acids is 1. The van der Waals surface area contributed by atoms with E-state index in [2.05, 4.69) is 0 Å². The van der Waals surface area contributed by atoms with Crippen LogP contribution in [0.25, 0.3) is 0 Å². The number of rotatable bonds is 5. The Labute approximate surface area is 102 Å². The van der Waals surface area contributed by atoms with Crippen LogP contribution in [0.4, 0.5) is 0 Å². The largest absolute Gasteiger partial charge is 0.462 e.